The number of azo groups is 1. The van der Waals surface area contributed by atoms with E-state index in [4.69, 9.17) is 5.11 Å². The number of thiophene rings is 1. The molecule has 7 rings (SSSR count). The monoisotopic (exact) mass is 632 g/mol. The SMILES string of the molecule is C1CNCCN1.C1CNCCN1.Cc1[nH]n(-c2ccc3c(c2)CCC3)c(=O)c1N=Nc1cccc(-c2csc(C(=O)O)c2)c1O. The number of aromatic nitrogens is 2. The molecule has 2 aromatic heterocycles. The molecule has 0 saturated carbocycles. The number of piperazine rings is 2. The number of fused-ring (bicyclic) bond motifs is 1. The number of aromatic amines is 1. The zero-order valence-corrected chi connectivity index (χ0v) is 26.2. The fourth-order valence-corrected chi connectivity index (χ4v) is 6.02. The number of H-pyrrole nitrogens is 1. The maximum absolute atomic E-state index is 13.0. The average Bonchev–Trinajstić information content (AvgIpc) is 3.82. The molecule has 12 nitrogen and oxygen atoms in total. The zero-order valence-electron chi connectivity index (χ0n) is 25.4. The summed E-state index contributed by atoms with van der Waals surface area (Å²) in [4.78, 5) is 24.3. The van der Waals surface area contributed by atoms with Gasteiger partial charge in [0.15, 0.2) is 11.4 Å². The van der Waals surface area contributed by atoms with Crippen LogP contribution in [-0.4, -0.2) is 78.3 Å². The van der Waals surface area contributed by atoms with Gasteiger partial charge in [-0.2, -0.15) is 0 Å². The van der Waals surface area contributed by atoms with Crippen molar-refractivity contribution in [3.8, 4) is 22.6 Å². The number of para-hydroxylation sites is 1. The van der Waals surface area contributed by atoms with E-state index in [1.807, 2.05) is 12.1 Å². The first-order chi connectivity index (χ1) is 21.9. The van der Waals surface area contributed by atoms with Gasteiger partial charge in [-0.25, -0.2) is 9.48 Å². The highest BCUT2D eigenvalue weighted by Gasteiger charge is 2.17. The largest absolute Gasteiger partial charge is 0.505 e. The van der Waals surface area contributed by atoms with Crippen LogP contribution in [-0.2, 0) is 12.8 Å². The van der Waals surface area contributed by atoms with Crippen LogP contribution in [0.15, 0.2) is 62.9 Å². The first-order valence-corrected chi connectivity index (χ1v) is 16.1. The number of nitrogens with one attached hydrogen (secondary N) is 5. The van der Waals surface area contributed by atoms with Crippen LogP contribution in [0.4, 0.5) is 11.4 Å². The topological polar surface area (TPSA) is 168 Å². The van der Waals surface area contributed by atoms with E-state index in [-0.39, 0.29) is 27.6 Å². The molecule has 2 aliphatic heterocycles. The van der Waals surface area contributed by atoms with Gasteiger partial charge in [-0.15, -0.1) is 21.6 Å². The van der Waals surface area contributed by atoms with E-state index in [0.717, 1.165) is 88.6 Å². The molecular formula is C32H40N8O4S. The second-order valence-corrected chi connectivity index (χ2v) is 11.8. The predicted octanol–water partition coefficient (Wildman–Crippen LogP) is 3.87. The van der Waals surface area contributed by atoms with Gasteiger partial charge >= 0.3 is 5.97 Å². The Labute approximate surface area is 265 Å². The Hall–Kier alpha value is -4.14. The lowest BCUT2D eigenvalue weighted by Crippen LogP contribution is -2.39. The van der Waals surface area contributed by atoms with Gasteiger partial charge in [0, 0.05) is 57.9 Å². The van der Waals surface area contributed by atoms with Crippen molar-refractivity contribution in [2.45, 2.75) is 26.2 Å². The first kappa shape index (κ1) is 32.3. The van der Waals surface area contributed by atoms with Crippen LogP contribution in [0.1, 0.15) is 32.9 Å². The molecule has 4 aromatic rings. The smallest absolute Gasteiger partial charge is 0.345 e. The number of carboxylic acids is 1. The van der Waals surface area contributed by atoms with Crippen LogP contribution in [0.5, 0.6) is 5.75 Å². The Morgan fingerprint density at radius 2 is 1.51 bits per heavy atom. The number of phenols is 1. The predicted molar refractivity (Wildman–Crippen MR) is 177 cm³/mol. The van der Waals surface area contributed by atoms with E-state index >= 15 is 0 Å². The number of aryl methyl sites for hydroxylation is 3. The first-order valence-electron chi connectivity index (χ1n) is 15.2. The quantitative estimate of drug-likeness (QED) is 0.163. The third-order valence-electron chi connectivity index (χ3n) is 7.69. The summed E-state index contributed by atoms with van der Waals surface area (Å²) >= 11 is 1.08. The van der Waals surface area contributed by atoms with Crippen molar-refractivity contribution in [3.05, 3.63) is 79.9 Å². The highest BCUT2D eigenvalue weighted by atomic mass is 32.1. The van der Waals surface area contributed by atoms with Crippen LogP contribution in [0.25, 0.3) is 16.8 Å². The van der Waals surface area contributed by atoms with E-state index in [1.54, 1.807) is 30.5 Å². The van der Waals surface area contributed by atoms with E-state index in [1.165, 1.54) is 21.9 Å². The van der Waals surface area contributed by atoms with Crippen molar-refractivity contribution >= 4 is 28.7 Å². The minimum Gasteiger partial charge on any atom is -0.505 e. The van der Waals surface area contributed by atoms with E-state index in [0.29, 0.717) is 16.8 Å². The second kappa shape index (κ2) is 15.7. The van der Waals surface area contributed by atoms with Gasteiger partial charge in [0.2, 0.25) is 0 Å². The highest BCUT2D eigenvalue weighted by molar-refractivity contribution is 7.12. The summed E-state index contributed by atoms with van der Waals surface area (Å²) in [7, 11) is 0. The molecule has 238 valence electrons. The third kappa shape index (κ3) is 8.32. The lowest BCUT2D eigenvalue weighted by molar-refractivity contribution is 0.0702. The Balaban J connectivity index is 0.000000277. The summed E-state index contributed by atoms with van der Waals surface area (Å²) in [5, 5.41) is 45.7. The van der Waals surface area contributed by atoms with Crippen molar-refractivity contribution < 1.29 is 15.0 Å². The molecule has 1 aliphatic carbocycles. The third-order valence-corrected chi connectivity index (χ3v) is 8.61. The van der Waals surface area contributed by atoms with Crippen LogP contribution in [0, 0.1) is 6.92 Å². The number of nitrogens with zero attached hydrogens (tertiary/aromatic N) is 3. The molecule has 2 aromatic carbocycles. The van der Waals surface area contributed by atoms with Gasteiger partial charge in [0.1, 0.15) is 10.6 Å². The van der Waals surface area contributed by atoms with Crippen molar-refractivity contribution in [2.24, 2.45) is 10.2 Å². The molecule has 7 N–H and O–H groups in total. The molecule has 0 bridgehead atoms. The second-order valence-electron chi connectivity index (χ2n) is 10.9. The van der Waals surface area contributed by atoms with Gasteiger partial charge in [0.25, 0.3) is 5.56 Å². The van der Waals surface area contributed by atoms with Crippen molar-refractivity contribution in [2.75, 3.05) is 52.4 Å². The number of carbonyl (C=O) groups is 1. The Morgan fingerprint density at radius 1 is 0.867 bits per heavy atom. The van der Waals surface area contributed by atoms with Crippen LogP contribution in [0.2, 0.25) is 0 Å². The summed E-state index contributed by atoms with van der Waals surface area (Å²) in [5.74, 6) is -1.16. The number of phenolic OH excluding ortho intramolecular Hbond substituents is 1. The molecule has 4 heterocycles. The van der Waals surface area contributed by atoms with E-state index in [2.05, 4.69) is 42.7 Å². The molecule has 2 saturated heterocycles. The van der Waals surface area contributed by atoms with Crippen LogP contribution in [0.3, 0.4) is 0 Å². The molecule has 45 heavy (non-hydrogen) atoms. The Kier molecular flexibility index (Phi) is 11.3. The number of hydrogen-bond donors (Lipinski definition) is 7. The molecule has 0 radical (unpaired) electrons. The summed E-state index contributed by atoms with van der Waals surface area (Å²) < 4.78 is 1.46. The molecule has 2 fully saturated rings. The van der Waals surface area contributed by atoms with Gasteiger partial charge in [-0.3, -0.25) is 9.89 Å². The minimum absolute atomic E-state index is 0.136. The van der Waals surface area contributed by atoms with Crippen LogP contribution < -0.4 is 26.8 Å². The highest BCUT2D eigenvalue weighted by Crippen LogP contribution is 2.39. The van der Waals surface area contributed by atoms with Crippen molar-refractivity contribution in [1.29, 1.82) is 0 Å². The normalized spacial score (nSPS) is 15.9. The Morgan fingerprint density at radius 3 is 2.11 bits per heavy atom. The van der Waals surface area contributed by atoms with Crippen molar-refractivity contribution in [1.82, 2.24) is 31.0 Å². The molecule has 3 aliphatic rings. The molecule has 0 spiro atoms. The number of carboxylic acid groups (broad SMARTS) is 1. The fourth-order valence-electron chi connectivity index (χ4n) is 5.28. The summed E-state index contributed by atoms with van der Waals surface area (Å²) in [5.41, 5.74) is 4.92. The average molecular weight is 633 g/mol. The van der Waals surface area contributed by atoms with Gasteiger partial charge in [-0.05, 0) is 72.5 Å². The molecule has 13 heteroatoms. The maximum Gasteiger partial charge on any atom is 0.345 e. The summed E-state index contributed by atoms with van der Waals surface area (Å²) in [6.45, 7) is 10.9. The summed E-state index contributed by atoms with van der Waals surface area (Å²) in [6.07, 6.45) is 3.21. The summed E-state index contributed by atoms with van der Waals surface area (Å²) in [6, 6.07) is 12.4. The standard InChI is InChI=1S/C24H20N4O4S.2C4H10N2/c1-13-21(23(30)28(27-13)17-9-8-14-4-2-5-15(14)10-17)26-25-19-7-3-6-18(22(19)29)16-11-20(24(31)32)33-12-16;2*1-2-6-4-3-5-1/h3,6-12,27,29H,2,4-5H2,1H3,(H,31,32);2*5-6H,1-4H2. The molecule has 0 amide bonds. The fraction of sp³-hybridized carbons (Fsp3) is 0.375. The van der Waals surface area contributed by atoms with Gasteiger partial charge < -0.3 is 31.5 Å². The van der Waals surface area contributed by atoms with Crippen LogP contribution >= 0.6 is 11.3 Å². The number of aromatic hydroxyl groups is 1. The van der Waals surface area contributed by atoms with E-state index in [9.17, 15) is 14.7 Å². The lowest BCUT2D eigenvalue weighted by atomic mass is 10.1. The molecule has 0 unspecified atom stereocenters. The molecule has 0 atom stereocenters. The number of rotatable bonds is 5. The number of hydrogen-bond acceptors (Lipinski definition) is 10. The number of benzene rings is 2. The Bertz CT molecular complexity index is 1650. The lowest BCUT2D eigenvalue weighted by Gasteiger charge is -2.11. The maximum atomic E-state index is 13.0. The minimum atomic E-state index is -1.02. The van der Waals surface area contributed by atoms with E-state index < -0.39 is 5.97 Å². The van der Waals surface area contributed by atoms with Crippen molar-refractivity contribution in [3.63, 3.8) is 0 Å². The van der Waals surface area contributed by atoms with Gasteiger partial charge in [0.05, 0.1) is 11.4 Å². The molecular weight excluding hydrogens is 592 g/mol. The number of aromatic carboxylic acids is 1. The zero-order chi connectivity index (χ0) is 31.6. The van der Waals surface area contributed by atoms with Gasteiger partial charge in [-0.1, -0.05) is 18.2 Å².